The Kier molecular flexibility index (Phi) is 2.52. The summed E-state index contributed by atoms with van der Waals surface area (Å²) in [7, 11) is 1.95. The van der Waals surface area contributed by atoms with Crippen molar-refractivity contribution in [3.8, 4) is 0 Å². The van der Waals surface area contributed by atoms with Crippen molar-refractivity contribution >= 4 is 17.6 Å². The summed E-state index contributed by atoms with van der Waals surface area (Å²) >= 11 is 0. The molecule has 1 aromatic carbocycles. The van der Waals surface area contributed by atoms with E-state index in [4.69, 9.17) is 4.74 Å². The van der Waals surface area contributed by atoms with Crippen LogP contribution in [0.15, 0.2) is 42.6 Å². The summed E-state index contributed by atoms with van der Waals surface area (Å²) in [6.07, 6.45) is 3.83. The predicted octanol–water partition coefficient (Wildman–Crippen LogP) is 2.62. The van der Waals surface area contributed by atoms with Gasteiger partial charge < -0.3 is 9.30 Å². The number of carbonyl (C=O) groups is 1. The number of aromatic nitrogens is 1. The lowest BCUT2D eigenvalue weighted by Gasteiger charge is -2.18. The minimum Gasteiger partial charge on any atom is -0.457 e. The van der Waals surface area contributed by atoms with Gasteiger partial charge in [0.2, 0.25) is 0 Å². The van der Waals surface area contributed by atoms with E-state index in [2.05, 4.69) is 0 Å². The Morgan fingerprint density at radius 2 is 2.06 bits per heavy atom. The van der Waals surface area contributed by atoms with Gasteiger partial charge in [-0.15, -0.1) is 0 Å². The molecular formula is C15H13NO2. The van der Waals surface area contributed by atoms with E-state index >= 15 is 0 Å². The molecule has 0 aliphatic carbocycles. The SMILES string of the molecule is Cn1cccc1/C=C1\C(=O)OCc2ccccc21. The van der Waals surface area contributed by atoms with Crippen LogP contribution in [0.1, 0.15) is 16.8 Å². The highest BCUT2D eigenvalue weighted by atomic mass is 16.5. The van der Waals surface area contributed by atoms with Crippen molar-refractivity contribution in [1.82, 2.24) is 4.57 Å². The van der Waals surface area contributed by atoms with E-state index in [1.165, 1.54) is 0 Å². The number of hydrogen-bond donors (Lipinski definition) is 0. The summed E-state index contributed by atoms with van der Waals surface area (Å²) in [5, 5.41) is 0. The average Bonchev–Trinajstić information content (AvgIpc) is 2.79. The summed E-state index contributed by atoms with van der Waals surface area (Å²) in [5.41, 5.74) is 3.63. The number of benzene rings is 1. The standard InChI is InChI=1S/C15H13NO2/c1-16-8-4-6-12(16)9-14-13-7-3-2-5-11(13)10-18-15(14)17/h2-9H,10H2,1H3/b14-9-. The van der Waals surface area contributed by atoms with Gasteiger partial charge in [0.1, 0.15) is 6.61 Å². The maximum atomic E-state index is 11.9. The maximum absolute atomic E-state index is 11.9. The predicted molar refractivity (Wildman–Crippen MR) is 69.5 cm³/mol. The highest BCUT2D eigenvalue weighted by molar-refractivity contribution is 6.22. The first-order chi connectivity index (χ1) is 8.75. The molecule has 1 aromatic heterocycles. The molecule has 0 bridgehead atoms. The van der Waals surface area contributed by atoms with Crippen molar-refractivity contribution in [2.45, 2.75) is 6.61 Å². The number of esters is 1. The molecule has 2 heterocycles. The number of fused-ring (bicyclic) bond motifs is 1. The lowest BCUT2D eigenvalue weighted by atomic mass is 9.97. The van der Waals surface area contributed by atoms with Crippen LogP contribution in [0, 0.1) is 0 Å². The van der Waals surface area contributed by atoms with Crippen molar-refractivity contribution < 1.29 is 9.53 Å². The van der Waals surface area contributed by atoms with Crippen molar-refractivity contribution in [2.75, 3.05) is 0 Å². The molecule has 0 amide bonds. The molecular weight excluding hydrogens is 226 g/mol. The van der Waals surface area contributed by atoms with E-state index in [1.807, 2.05) is 60.3 Å². The molecule has 1 aliphatic heterocycles. The Balaban J connectivity index is 2.14. The molecule has 3 heteroatoms. The van der Waals surface area contributed by atoms with Crippen LogP contribution in [0.2, 0.25) is 0 Å². The Labute approximate surface area is 105 Å². The largest absolute Gasteiger partial charge is 0.457 e. The van der Waals surface area contributed by atoms with Crippen LogP contribution in [0.25, 0.3) is 11.6 Å². The van der Waals surface area contributed by atoms with Crippen LogP contribution < -0.4 is 0 Å². The summed E-state index contributed by atoms with van der Waals surface area (Å²) in [6, 6.07) is 11.8. The fourth-order valence-electron chi connectivity index (χ4n) is 2.15. The van der Waals surface area contributed by atoms with Crippen LogP contribution in [0.4, 0.5) is 0 Å². The van der Waals surface area contributed by atoms with Gasteiger partial charge in [0.25, 0.3) is 0 Å². The molecule has 0 atom stereocenters. The number of carbonyl (C=O) groups excluding carboxylic acids is 1. The number of nitrogens with zero attached hydrogens (tertiary/aromatic N) is 1. The smallest absolute Gasteiger partial charge is 0.339 e. The first-order valence-electron chi connectivity index (χ1n) is 5.84. The molecule has 3 nitrogen and oxygen atoms in total. The van der Waals surface area contributed by atoms with Gasteiger partial charge >= 0.3 is 5.97 Å². The van der Waals surface area contributed by atoms with E-state index < -0.39 is 0 Å². The monoisotopic (exact) mass is 239 g/mol. The Hall–Kier alpha value is -2.29. The normalized spacial score (nSPS) is 16.5. The zero-order chi connectivity index (χ0) is 12.5. The van der Waals surface area contributed by atoms with E-state index in [0.29, 0.717) is 12.2 Å². The third kappa shape index (κ3) is 1.74. The first-order valence-corrected chi connectivity index (χ1v) is 5.84. The number of rotatable bonds is 1. The van der Waals surface area contributed by atoms with Gasteiger partial charge in [0, 0.05) is 18.9 Å². The molecule has 0 saturated carbocycles. The number of aryl methyl sites for hydroxylation is 1. The first kappa shape index (κ1) is 10.8. The number of ether oxygens (including phenoxy) is 1. The quantitative estimate of drug-likeness (QED) is 0.566. The van der Waals surface area contributed by atoms with Crippen molar-refractivity contribution in [3.05, 3.63) is 59.4 Å². The summed E-state index contributed by atoms with van der Waals surface area (Å²) in [4.78, 5) is 11.9. The average molecular weight is 239 g/mol. The summed E-state index contributed by atoms with van der Waals surface area (Å²) < 4.78 is 7.16. The van der Waals surface area contributed by atoms with E-state index in [-0.39, 0.29) is 5.97 Å². The lowest BCUT2D eigenvalue weighted by Crippen LogP contribution is -2.15. The van der Waals surface area contributed by atoms with E-state index in [1.54, 1.807) is 0 Å². The van der Waals surface area contributed by atoms with Gasteiger partial charge in [-0.05, 0) is 29.3 Å². The maximum Gasteiger partial charge on any atom is 0.339 e. The molecule has 0 spiro atoms. The zero-order valence-corrected chi connectivity index (χ0v) is 10.1. The molecule has 0 fully saturated rings. The lowest BCUT2D eigenvalue weighted by molar-refractivity contribution is -0.138. The molecule has 90 valence electrons. The molecule has 0 saturated heterocycles. The Morgan fingerprint density at radius 3 is 2.83 bits per heavy atom. The summed E-state index contributed by atoms with van der Waals surface area (Å²) in [5.74, 6) is -0.255. The van der Waals surface area contributed by atoms with Gasteiger partial charge in [-0.3, -0.25) is 0 Å². The fourth-order valence-corrected chi connectivity index (χ4v) is 2.15. The zero-order valence-electron chi connectivity index (χ0n) is 10.1. The second kappa shape index (κ2) is 4.18. The van der Waals surface area contributed by atoms with Gasteiger partial charge in [0.15, 0.2) is 0 Å². The van der Waals surface area contributed by atoms with Gasteiger partial charge in [-0.2, -0.15) is 0 Å². The van der Waals surface area contributed by atoms with Crippen LogP contribution in [0.5, 0.6) is 0 Å². The molecule has 0 unspecified atom stereocenters. The minimum absolute atomic E-state index is 0.255. The van der Waals surface area contributed by atoms with Gasteiger partial charge in [0.05, 0.1) is 5.57 Å². The van der Waals surface area contributed by atoms with Crippen LogP contribution in [0.3, 0.4) is 0 Å². The van der Waals surface area contributed by atoms with Crippen LogP contribution >= 0.6 is 0 Å². The summed E-state index contributed by atoms with van der Waals surface area (Å²) in [6.45, 7) is 0.361. The second-order valence-electron chi connectivity index (χ2n) is 4.34. The second-order valence-corrected chi connectivity index (χ2v) is 4.34. The molecule has 0 radical (unpaired) electrons. The van der Waals surface area contributed by atoms with Crippen LogP contribution in [-0.4, -0.2) is 10.5 Å². The molecule has 18 heavy (non-hydrogen) atoms. The van der Waals surface area contributed by atoms with Gasteiger partial charge in [-0.25, -0.2) is 4.79 Å². The topological polar surface area (TPSA) is 31.2 Å². The Morgan fingerprint density at radius 1 is 1.22 bits per heavy atom. The van der Waals surface area contributed by atoms with Crippen LogP contribution in [-0.2, 0) is 23.2 Å². The molecule has 1 aliphatic rings. The van der Waals surface area contributed by atoms with Gasteiger partial charge in [-0.1, -0.05) is 24.3 Å². The minimum atomic E-state index is -0.255. The van der Waals surface area contributed by atoms with E-state index in [0.717, 1.165) is 16.8 Å². The Bertz CT molecular complexity index is 637. The fraction of sp³-hybridized carbons (Fsp3) is 0.133. The molecule has 2 aromatic rings. The molecule has 3 rings (SSSR count). The van der Waals surface area contributed by atoms with Crippen molar-refractivity contribution in [1.29, 1.82) is 0 Å². The van der Waals surface area contributed by atoms with Crippen molar-refractivity contribution in [3.63, 3.8) is 0 Å². The highest BCUT2D eigenvalue weighted by Crippen LogP contribution is 2.28. The number of hydrogen-bond acceptors (Lipinski definition) is 2. The van der Waals surface area contributed by atoms with E-state index in [9.17, 15) is 4.79 Å². The third-order valence-electron chi connectivity index (χ3n) is 3.16. The molecule has 0 N–H and O–H groups in total. The third-order valence-corrected chi connectivity index (χ3v) is 3.16. The number of cyclic esters (lactones) is 1. The highest BCUT2D eigenvalue weighted by Gasteiger charge is 2.22. The van der Waals surface area contributed by atoms with Crippen molar-refractivity contribution in [2.24, 2.45) is 7.05 Å².